The van der Waals surface area contributed by atoms with Gasteiger partial charge >= 0.3 is 0 Å². The Morgan fingerprint density at radius 3 is 2.12 bits per heavy atom. The standard InChI is InChI=1S/C29H40Cl2N2O/c1-3-5-7-33(8-6-4-2)18-26(34)23-14-27(32-28-24(23)12-22(30)13-25(28)31)29-15-19-9-20(16-29)11-21(10-19)17-29/h12-14,19-21,26,34H,3-11,15-18H2,1-2H3. The molecule has 1 aromatic heterocycles. The van der Waals surface area contributed by atoms with Crippen molar-refractivity contribution in [1.29, 1.82) is 0 Å². The Balaban J connectivity index is 1.54. The van der Waals surface area contributed by atoms with E-state index in [1.807, 2.05) is 6.07 Å². The molecule has 1 atom stereocenters. The Kier molecular flexibility index (Phi) is 7.47. The molecule has 6 rings (SSSR count). The summed E-state index contributed by atoms with van der Waals surface area (Å²) in [6.07, 6.45) is 12.0. The van der Waals surface area contributed by atoms with E-state index in [-0.39, 0.29) is 5.41 Å². The zero-order valence-electron chi connectivity index (χ0n) is 20.8. The summed E-state index contributed by atoms with van der Waals surface area (Å²) in [6, 6.07) is 5.98. The number of aliphatic hydroxyl groups excluding tert-OH is 1. The van der Waals surface area contributed by atoms with Gasteiger partial charge in [0.2, 0.25) is 0 Å². The van der Waals surface area contributed by atoms with Crippen LogP contribution in [0.25, 0.3) is 10.9 Å². The van der Waals surface area contributed by atoms with Crippen molar-refractivity contribution >= 4 is 34.1 Å². The number of fused-ring (bicyclic) bond motifs is 1. The summed E-state index contributed by atoms with van der Waals surface area (Å²) in [5, 5.41) is 13.7. The highest BCUT2D eigenvalue weighted by molar-refractivity contribution is 6.38. The normalized spacial score (nSPS) is 28.8. The van der Waals surface area contributed by atoms with Crippen LogP contribution in [0.3, 0.4) is 0 Å². The van der Waals surface area contributed by atoms with Gasteiger partial charge in [0, 0.05) is 28.1 Å². The Morgan fingerprint density at radius 1 is 0.971 bits per heavy atom. The Morgan fingerprint density at radius 2 is 1.56 bits per heavy atom. The van der Waals surface area contributed by atoms with Gasteiger partial charge in [0.15, 0.2) is 0 Å². The van der Waals surface area contributed by atoms with E-state index in [0.29, 0.717) is 16.6 Å². The maximum atomic E-state index is 11.6. The van der Waals surface area contributed by atoms with Gasteiger partial charge in [-0.3, -0.25) is 4.98 Å². The lowest BCUT2D eigenvalue weighted by atomic mass is 9.48. The number of hydrogen-bond acceptors (Lipinski definition) is 3. The van der Waals surface area contributed by atoms with E-state index in [1.165, 1.54) is 44.2 Å². The number of unbranched alkanes of at least 4 members (excludes halogenated alkanes) is 2. The molecule has 4 aliphatic rings. The first kappa shape index (κ1) is 24.8. The largest absolute Gasteiger partial charge is 0.387 e. The quantitative estimate of drug-likeness (QED) is 0.358. The van der Waals surface area contributed by atoms with E-state index >= 15 is 0 Å². The average molecular weight is 504 g/mol. The van der Waals surface area contributed by atoms with Gasteiger partial charge in [-0.15, -0.1) is 0 Å². The summed E-state index contributed by atoms with van der Waals surface area (Å²) in [7, 11) is 0. The van der Waals surface area contributed by atoms with Gasteiger partial charge in [-0.2, -0.15) is 0 Å². The van der Waals surface area contributed by atoms with Gasteiger partial charge in [-0.1, -0.05) is 49.9 Å². The van der Waals surface area contributed by atoms with Gasteiger partial charge in [0.1, 0.15) is 0 Å². The van der Waals surface area contributed by atoms with Crippen LogP contribution in [0.15, 0.2) is 18.2 Å². The maximum absolute atomic E-state index is 11.6. The van der Waals surface area contributed by atoms with Crippen molar-refractivity contribution in [1.82, 2.24) is 9.88 Å². The molecule has 4 saturated carbocycles. The molecule has 186 valence electrons. The Labute approximate surface area is 215 Å². The molecule has 4 fully saturated rings. The molecular weight excluding hydrogens is 463 g/mol. The van der Waals surface area contributed by atoms with Crippen LogP contribution in [-0.2, 0) is 5.41 Å². The molecule has 2 aromatic rings. The van der Waals surface area contributed by atoms with E-state index in [2.05, 4.69) is 24.8 Å². The molecule has 5 heteroatoms. The highest BCUT2D eigenvalue weighted by Crippen LogP contribution is 2.60. The number of rotatable bonds is 10. The summed E-state index contributed by atoms with van der Waals surface area (Å²) in [5.41, 5.74) is 3.09. The average Bonchev–Trinajstić information content (AvgIpc) is 2.79. The van der Waals surface area contributed by atoms with Crippen LogP contribution in [0.5, 0.6) is 0 Å². The van der Waals surface area contributed by atoms with Crippen LogP contribution >= 0.6 is 23.2 Å². The second-order valence-corrected chi connectivity index (χ2v) is 12.4. The first-order chi connectivity index (χ1) is 16.4. The predicted molar refractivity (Wildman–Crippen MR) is 143 cm³/mol. The number of halogens is 2. The van der Waals surface area contributed by atoms with Crippen molar-refractivity contribution in [3.8, 4) is 0 Å². The van der Waals surface area contributed by atoms with E-state index in [9.17, 15) is 5.11 Å². The summed E-state index contributed by atoms with van der Waals surface area (Å²) in [5.74, 6) is 2.53. The molecule has 3 nitrogen and oxygen atoms in total. The first-order valence-electron chi connectivity index (χ1n) is 13.6. The number of hydrogen-bond donors (Lipinski definition) is 1. The molecule has 4 bridgehead atoms. The van der Waals surface area contributed by atoms with Crippen molar-refractivity contribution in [3.63, 3.8) is 0 Å². The van der Waals surface area contributed by atoms with E-state index in [4.69, 9.17) is 28.2 Å². The lowest BCUT2D eigenvalue weighted by molar-refractivity contribution is -0.00719. The van der Waals surface area contributed by atoms with Crippen LogP contribution in [0.4, 0.5) is 0 Å². The highest BCUT2D eigenvalue weighted by Gasteiger charge is 2.52. The molecule has 0 radical (unpaired) electrons. The lowest BCUT2D eigenvalue weighted by Gasteiger charge is -2.56. The monoisotopic (exact) mass is 502 g/mol. The number of pyridine rings is 1. The third-order valence-corrected chi connectivity index (χ3v) is 9.40. The first-order valence-corrected chi connectivity index (χ1v) is 14.4. The molecule has 0 spiro atoms. The second-order valence-electron chi connectivity index (χ2n) is 11.6. The zero-order valence-corrected chi connectivity index (χ0v) is 22.3. The Hall–Kier alpha value is -0.870. The smallest absolute Gasteiger partial charge is 0.0924 e. The minimum atomic E-state index is -0.582. The van der Waals surface area contributed by atoms with Crippen molar-refractivity contribution in [2.45, 2.75) is 89.6 Å². The SMILES string of the molecule is CCCCN(CCCC)CC(O)c1cc(C23CC4CC(CC(C4)C2)C3)nc2c(Cl)cc(Cl)cc12. The lowest BCUT2D eigenvalue weighted by Crippen LogP contribution is -2.49. The number of nitrogens with zero attached hydrogens (tertiary/aromatic N) is 2. The van der Waals surface area contributed by atoms with E-state index < -0.39 is 6.10 Å². The number of benzene rings is 1. The van der Waals surface area contributed by atoms with Crippen LogP contribution in [0.2, 0.25) is 10.0 Å². The molecule has 4 aliphatic carbocycles. The molecule has 0 amide bonds. The highest BCUT2D eigenvalue weighted by atomic mass is 35.5. The summed E-state index contributed by atoms with van der Waals surface area (Å²) < 4.78 is 0. The van der Waals surface area contributed by atoms with Crippen molar-refractivity contribution in [3.05, 3.63) is 39.5 Å². The summed E-state index contributed by atoms with van der Waals surface area (Å²) in [6.45, 7) is 7.16. The van der Waals surface area contributed by atoms with Gasteiger partial charge < -0.3 is 10.0 Å². The fourth-order valence-corrected chi connectivity index (χ4v) is 8.19. The molecule has 1 unspecified atom stereocenters. The molecule has 1 heterocycles. The van der Waals surface area contributed by atoms with Crippen molar-refractivity contribution < 1.29 is 5.11 Å². The van der Waals surface area contributed by atoms with E-state index in [0.717, 1.165) is 73.0 Å². The van der Waals surface area contributed by atoms with Crippen LogP contribution < -0.4 is 0 Å². The number of aromatic nitrogens is 1. The molecule has 34 heavy (non-hydrogen) atoms. The van der Waals surface area contributed by atoms with Gasteiger partial charge in [-0.25, -0.2) is 0 Å². The second kappa shape index (κ2) is 10.2. The molecule has 1 aromatic carbocycles. The van der Waals surface area contributed by atoms with Gasteiger partial charge in [0.05, 0.1) is 16.6 Å². The minimum Gasteiger partial charge on any atom is -0.387 e. The van der Waals surface area contributed by atoms with Crippen LogP contribution in [0.1, 0.15) is 95.4 Å². The fourth-order valence-electron chi connectivity index (χ4n) is 7.65. The van der Waals surface area contributed by atoms with Crippen LogP contribution in [-0.4, -0.2) is 34.6 Å². The van der Waals surface area contributed by atoms with Crippen molar-refractivity contribution in [2.75, 3.05) is 19.6 Å². The zero-order chi connectivity index (χ0) is 23.9. The molecule has 0 saturated heterocycles. The molecular formula is C29H40Cl2N2O. The third-order valence-electron chi connectivity index (χ3n) is 8.89. The van der Waals surface area contributed by atoms with Gasteiger partial charge in [-0.05, 0) is 106 Å². The topological polar surface area (TPSA) is 36.4 Å². The number of aliphatic hydroxyl groups is 1. The fraction of sp³-hybridized carbons (Fsp3) is 0.690. The minimum absolute atomic E-state index is 0.157. The van der Waals surface area contributed by atoms with Crippen LogP contribution in [0, 0.1) is 17.8 Å². The summed E-state index contributed by atoms with van der Waals surface area (Å²) >= 11 is 13.2. The molecule has 0 aliphatic heterocycles. The van der Waals surface area contributed by atoms with Gasteiger partial charge in [0.25, 0.3) is 0 Å². The molecule has 1 N–H and O–H groups in total. The summed E-state index contributed by atoms with van der Waals surface area (Å²) in [4.78, 5) is 7.64. The maximum Gasteiger partial charge on any atom is 0.0924 e. The third kappa shape index (κ3) is 4.88. The van der Waals surface area contributed by atoms with E-state index in [1.54, 1.807) is 6.07 Å². The predicted octanol–water partition coefficient (Wildman–Crippen LogP) is 7.95. The van der Waals surface area contributed by atoms with Crippen molar-refractivity contribution in [2.24, 2.45) is 17.8 Å². The Bertz CT molecular complexity index is 980.